The van der Waals surface area contributed by atoms with Crippen LogP contribution in [0.2, 0.25) is 0 Å². The summed E-state index contributed by atoms with van der Waals surface area (Å²) >= 11 is 1.53. The summed E-state index contributed by atoms with van der Waals surface area (Å²) in [7, 11) is 0. The maximum absolute atomic E-state index is 11.5. The van der Waals surface area contributed by atoms with E-state index in [1.54, 1.807) is 0 Å². The lowest BCUT2D eigenvalue weighted by Crippen LogP contribution is -2.36. The number of hydrogen-bond donors (Lipinski definition) is 2. The lowest BCUT2D eigenvalue weighted by atomic mass is 10.1. The lowest BCUT2D eigenvalue weighted by molar-refractivity contribution is 0.0957. The maximum Gasteiger partial charge on any atom is 0.275 e. The molecule has 0 aliphatic heterocycles. The van der Waals surface area contributed by atoms with E-state index in [-0.39, 0.29) is 5.91 Å². The second-order valence-electron chi connectivity index (χ2n) is 5.53. The van der Waals surface area contributed by atoms with Crippen molar-refractivity contribution in [3.05, 3.63) is 21.9 Å². The van der Waals surface area contributed by atoms with Crippen LogP contribution in [-0.2, 0) is 6.54 Å². The molecule has 4 nitrogen and oxygen atoms in total. The number of nitrogens with zero attached hydrogens (tertiary/aromatic N) is 1. The van der Waals surface area contributed by atoms with E-state index in [9.17, 15) is 4.79 Å². The van der Waals surface area contributed by atoms with E-state index in [4.69, 9.17) is 5.84 Å². The first-order valence-corrected chi connectivity index (χ1v) is 8.17. The molecule has 0 unspecified atom stereocenters. The molecule has 1 rings (SSSR count). The van der Waals surface area contributed by atoms with Gasteiger partial charge in [-0.1, -0.05) is 27.7 Å². The molecule has 1 heterocycles. The molecule has 0 aromatic carbocycles. The molecule has 114 valence electrons. The summed E-state index contributed by atoms with van der Waals surface area (Å²) in [6.45, 7) is 11.0. The third kappa shape index (κ3) is 4.89. The number of carbonyl (C=O) groups is 1. The molecule has 0 bridgehead atoms. The summed E-state index contributed by atoms with van der Waals surface area (Å²) in [6, 6.07) is 4.49. The Morgan fingerprint density at radius 1 is 1.35 bits per heavy atom. The minimum Gasteiger partial charge on any atom is -0.295 e. The van der Waals surface area contributed by atoms with Gasteiger partial charge < -0.3 is 0 Å². The van der Waals surface area contributed by atoms with Crippen LogP contribution in [0.3, 0.4) is 0 Å². The molecule has 1 aromatic rings. The van der Waals surface area contributed by atoms with Gasteiger partial charge in [-0.2, -0.15) is 0 Å². The van der Waals surface area contributed by atoms with Crippen molar-refractivity contribution >= 4 is 17.2 Å². The van der Waals surface area contributed by atoms with E-state index in [2.05, 4.69) is 38.0 Å². The van der Waals surface area contributed by atoms with E-state index < -0.39 is 0 Å². The van der Waals surface area contributed by atoms with Crippen molar-refractivity contribution in [1.82, 2.24) is 10.3 Å². The van der Waals surface area contributed by atoms with Crippen LogP contribution in [0.1, 0.15) is 55.1 Å². The molecule has 20 heavy (non-hydrogen) atoms. The fourth-order valence-corrected chi connectivity index (χ4v) is 3.41. The van der Waals surface area contributed by atoms with Crippen molar-refractivity contribution in [3.63, 3.8) is 0 Å². The minimum atomic E-state index is -0.209. The summed E-state index contributed by atoms with van der Waals surface area (Å²) in [5.74, 6) is 5.60. The number of carbonyl (C=O) groups excluding carboxylic acids is 1. The van der Waals surface area contributed by atoms with Gasteiger partial charge in [0.15, 0.2) is 0 Å². The van der Waals surface area contributed by atoms with Crippen LogP contribution < -0.4 is 11.3 Å². The van der Waals surface area contributed by atoms with Gasteiger partial charge in [0.1, 0.15) is 0 Å². The van der Waals surface area contributed by atoms with Crippen LogP contribution in [-0.4, -0.2) is 23.4 Å². The topological polar surface area (TPSA) is 58.4 Å². The number of hydrazine groups is 1. The van der Waals surface area contributed by atoms with Crippen LogP contribution in [0.4, 0.5) is 0 Å². The molecule has 0 aliphatic rings. The lowest BCUT2D eigenvalue weighted by Gasteiger charge is -2.31. The van der Waals surface area contributed by atoms with Gasteiger partial charge in [-0.25, -0.2) is 5.84 Å². The molecule has 0 fully saturated rings. The van der Waals surface area contributed by atoms with Gasteiger partial charge in [-0.05, 0) is 30.9 Å². The third-order valence-electron chi connectivity index (χ3n) is 3.43. The van der Waals surface area contributed by atoms with Crippen molar-refractivity contribution < 1.29 is 4.79 Å². The monoisotopic (exact) mass is 297 g/mol. The Hall–Kier alpha value is -0.910. The molecule has 5 heteroatoms. The van der Waals surface area contributed by atoms with E-state index in [1.165, 1.54) is 16.2 Å². The molecule has 0 saturated carbocycles. The van der Waals surface area contributed by atoms with Crippen LogP contribution in [0, 0.1) is 5.92 Å². The van der Waals surface area contributed by atoms with Gasteiger partial charge in [0.05, 0.1) is 4.88 Å². The molecule has 0 aliphatic carbocycles. The molecule has 0 saturated heterocycles. The van der Waals surface area contributed by atoms with Crippen LogP contribution in [0.5, 0.6) is 0 Å². The number of thiophene rings is 1. The molecule has 0 radical (unpaired) electrons. The Bertz CT molecular complexity index is 413. The van der Waals surface area contributed by atoms with Crippen LogP contribution in [0.25, 0.3) is 0 Å². The van der Waals surface area contributed by atoms with Crippen LogP contribution >= 0.6 is 11.3 Å². The first-order valence-electron chi connectivity index (χ1n) is 7.35. The van der Waals surface area contributed by atoms with Crippen LogP contribution in [0.15, 0.2) is 12.1 Å². The highest BCUT2D eigenvalue weighted by Gasteiger charge is 2.18. The second kappa shape index (κ2) is 8.39. The molecular weight excluding hydrogens is 270 g/mol. The van der Waals surface area contributed by atoms with Gasteiger partial charge >= 0.3 is 0 Å². The predicted octanol–water partition coefficient (Wildman–Crippen LogP) is 3.00. The average molecular weight is 297 g/mol. The average Bonchev–Trinajstić information content (AvgIpc) is 2.87. The van der Waals surface area contributed by atoms with Gasteiger partial charge in [0, 0.05) is 24.0 Å². The Labute approximate surface area is 126 Å². The highest BCUT2D eigenvalue weighted by atomic mass is 32.1. The minimum absolute atomic E-state index is 0.209. The van der Waals surface area contributed by atoms with Gasteiger partial charge in [-0.3, -0.25) is 15.1 Å². The molecule has 1 amide bonds. The van der Waals surface area contributed by atoms with Gasteiger partial charge in [-0.15, -0.1) is 11.3 Å². The molecule has 3 N–H and O–H groups in total. The number of rotatable bonds is 8. The van der Waals surface area contributed by atoms with Crippen molar-refractivity contribution in [1.29, 1.82) is 0 Å². The third-order valence-corrected chi connectivity index (χ3v) is 4.50. The Morgan fingerprint density at radius 3 is 2.50 bits per heavy atom. The molecular formula is C15H27N3OS. The summed E-state index contributed by atoms with van der Waals surface area (Å²) in [5.41, 5.74) is 2.18. The molecule has 0 atom stereocenters. The maximum atomic E-state index is 11.5. The van der Waals surface area contributed by atoms with E-state index in [0.29, 0.717) is 16.8 Å². The van der Waals surface area contributed by atoms with Crippen molar-refractivity contribution in [2.24, 2.45) is 11.8 Å². The number of hydrogen-bond acceptors (Lipinski definition) is 4. The summed E-state index contributed by atoms with van der Waals surface area (Å²) in [4.78, 5) is 15.9. The highest BCUT2D eigenvalue weighted by molar-refractivity contribution is 7.14. The second-order valence-corrected chi connectivity index (χ2v) is 6.70. The zero-order chi connectivity index (χ0) is 15.1. The summed E-state index contributed by atoms with van der Waals surface area (Å²) in [5, 5.41) is 0. The van der Waals surface area contributed by atoms with E-state index >= 15 is 0 Å². The van der Waals surface area contributed by atoms with Crippen molar-refractivity contribution in [2.45, 2.75) is 53.1 Å². The van der Waals surface area contributed by atoms with Crippen molar-refractivity contribution in [3.8, 4) is 0 Å². The standard InChI is InChI=1S/C15H27N3OS/c1-5-12(6-2)18(9-11(3)4)10-13-7-8-14(20-13)15(19)17-16/h7-8,11-12H,5-6,9-10,16H2,1-4H3,(H,17,19). The summed E-state index contributed by atoms with van der Waals surface area (Å²) in [6.07, 6.45) is 2.31. The number of nitrogens with two attached hydrogens (primary N) is 1. The molecule has 1 aromatic heterocycles. The van der Waals surface area contributed by atoms with E-state index in [0.717, 1.165) is 25.9 Å². The number of nitrogen functional groups attached to an aromatic ring is 1. The Morgan fingerprint density at radius 2 is 2.00 bits per heavy atom. The Balaban J connectivity index is 2.78. The first-order chi connectivity index (χ1) is 9.51. The van der Waals surface area contributed by atoms with Gasteiger partial charge in [0.2, 0.25) is 0 Å². The largest absolute Gasteiger partial charge is 0.295 e. The highest BCUT2D eigenvalue weighted by Crippen LogP contribution is 2.21. The SMILES string of the molecule is CCC(CC)N(Cc1ccc(C(=O)NN)s1)CC(C)C. The molecule has 0 spiro atoms. The first kappa shape index (κ1) is 17.1. The number of nitrogens with one attached hydrogen (secondary N) is 1. The zero-order valence-electron chi connectivity index (χ0n) is 13.0. The summed E-state index contributed by atoms with van der Waals surface area (Å²) < 4.78 is 0. The predicted molar refractivity (Wildman–Crippen MR) is 85.6 cm³/mol. The fraction of sp³-hybridized carbons (Fsp3) is 0.667. The van der Waals surface area contributed by atoms with Gasteiger partial charge in [0.25, 0.3) is 5.91 Å². The fourth-order valence-electron chi connectivity index (χ4n) is 2.47. The normalized spacial score (nSPS) is 11.6. The quantitative estimate of drug-likeness (QED) is 0.440. The van der Waals surface area contributed by atoms with Crippen molar-refractivity contribution in [2.75, 3.05) is 6.54 Å². The Kier molecular flexibility index (Phi) is 7.19. The van der Waals surface area contributed by atoms with E-state index in [1.807, 2.05) is 12.1 Å². The smallest absolute Gasteiger partial charge is 0.275 e. The number of amides is 1. The zero-order valence-corrected chi connectivity index (χ0v) is 13.8.